The predicted molar refractivity (Wildman–Crippen MR) is 93.9 cm³/mol. The molecule has 0 saturated carbocycles. The summed E-state index contributed by atoms with van der Waals surface area (Å²) in [5.41, 5.74) is 1.63. The number of ether oxygens (including phenoxy) is 2. The zero-order valence-corrected chi connectivity index (χ0v) is 13.8. The van der Waals surface area contributed by atoms with E-state index in [1.54, 1.807) is 43.5 Å². The molecule has 0 spiro atoms. The maximum atomic E-state index is 11.6. The molecule has 0 fully saturated rings. The summed E-state index contributed by atoms with van der Waals surface area (Å²) < 4.78 is 10.5. The van der Waals surface area contributed by atoms with Crippen LogP contribution in [0.4, 0.5) is 11.4 Å². The zero-order chi connectivity index (χ0) is 17.8. The van der Waals surface area contributed by atoms with E-state index in [0.29, 0.717) is 35.0 Å². The van der Waals surface area contributed by atoms with Crippen LogP contribution in [0.5, 0.6) is 11.6 Å². The standard InChI is InChI=1S/C18H17N3O4/c1-3-25-15-9-8-13-16(14(18(22)23)10-19-17(13)21-15)20-11-4-6-12(24-2)7-5-11/h4-10H,3H2,1-2H3,(H,22,23)(H,19,20,21). The average molecular weight is 339 g/mol. The van der Waals surface area contributed by atoms with Crippen LogP contribution >= 0.6 is 0 Å². The Morgan fingerprint density at radius 2 is 1.96 bits per heavy atom. The van der Waals surface area contributed by atoms with Crippen LogP contribution < -0.4 is 14.8 Å². The van der Waals surface area contributed by atoms with E-state index >= 15 is 0 Å². The monoisotopic (exact) mass is 339 g/mol. The van der Waals surface area contributed by atoms with Gasteiger partial charge in [0, 0.05) is 23.3 Å². The molecule has 1 aromatic carbocycles. The molecule has 2 heterocycles. The topological polar surface area (TPSA) is 93.6 Å². The summed E-state index contributed by atoms with van der Waals surface area (Å²) in [5, 5.41) is 13.2. The Kier molecular flexibility index (Phi) is 4.65. The van der Waals surface area contributed by atoms with E-state index in [4.69, 9.17) is 9.47 Å². The van der Waals surface area contributed by atoms with Crippen molar-refractivity contribution in [1.29, 1.82) is 0 Å². The lowest BCUT2D eigenvalue weighted by atomic mass is 10.1. The third-order valence-electron chi connectivity index (χ3n) is 3.59. The minimum absolute atomic E-state index is 0.0641. The highest BCUT2D eigenvalue weighted by Gasteiger charge is 2.16. The fourth-order valence-electron chi connectivity index (χ4n) is 2.40. The molecule has 0 saturated heterocycles. The van der Waals surface area contributed by atoms with Gasteiger partial charge in [-0.1, -0.05) is 0 Å². The molecule has 2 aromatic heterocycles. The Bertz CT molecular complexity index is 910. The molecule has 7 nitrogen and oxygen atoms in total. The maximum absolute atomic E-state index is 11.6. The Balaban J connectivity index is 2.08. The van der Waals surface area contributed by atoms with Gasteiger partial charge in [0.1, 0.15) is 11.3 Å². The summed E-state index contributed by atoms with van der Waals surface area (Å²) >= 11 is 0. The van der Waals surface area contributed by atoms with Gasteiger partial charge in [0.15, 0.2) is 5.65 Å². The minimum Gasteiger partial charge on any atom is -0.497 e. The average Bonchev–Trinajstić information content (AvgIpc) is 2.62. The third kappa shape index (κ3) is 3.45. The number of carboxylic acid groups (broad SMARTS) is 1. The SMILES string of the molecule is CCOc1ccc2c(Nc3ccc(OC)cc3)c(C(=O)O)cnc2n1. The van der Waals surface area contributed by atoms with Crippen molar-refractivity contribution < 1.29 is 19.4 Å². The molecule has 3 aromatic rings. The number of anilines is 2. The van der Waals surface area contributed by atoms with Crippen molar-refractivity contribution in [3.8, 4) is 11.6 Å². The minimum atomic E-state index is -1.07. The van der Waals surface area contributed by atoms with Crippen molar-refractivity contribution in [3.63, 3.8) is 0 Å². The highest BCUT2D eigenvalue weighted by Crippen LogP contribution is 2.30. The van der Waals surface area contributed by atoms with Crippen LogP contribution in [-0.4, -0.2) is 34.8 Å². The van der Waals surface area contributed by atoms with Gasteiger partial charge >= 0.3 is 5.97 Å². The molecule has 3 rings (SSSR count). The van der Waals surface area contributed by atoms with Gasteiger partial charge in [0.25, 0.3) is 0 Å². The van der Waals surface area contributed by atoms with E-state index in [0.717, 1.165) is 5.69 Å². The van der Waals surface area contributed by atoms with Crippen molar-refractivity contribution in [3.05, 3.63) is 48.2 Å². The normalized spacial score (nSPS) is 10.5. The summed E-state index contributed by atoms with van der Waals surface area (Å²) in [5.74, 6) is 0.0897. The van der Waals surface area contributed by atoms with E-state index in [1.165, 1.54) is 6.20 Å². The Hall–Kier alpha value is -3.35. The van der Waals surface area contributed by atoms with E-state index in [9.17, 15) is 9.90 Å². The van der Waals surface area contributed by atoms with E-state index < -0.39 is 5.97 Å². The number of hydrogen-bond acceptors (Lipinski definition) is 6. The number of pyridine rings is 2. The smallest absolute Gasteiger partial charge is 0.339 e. The van der Waals surface area contributed by atoms with Crippen LogP contribution in [0.1, 0.15) is 17.3 Å². The van der Waals surface area contributed by atoms with Gasteiger partial charge in [0.05, 0.1) is 19.4 Å². The van der Waals surface area contributed by atoms with Crippen LogP contribution in [0.15, 0.2) is 42.6 Å². The fraction of sp³-hybridized carbons (Fsp3) is 0.167. The van der Waals surface area contributed by atoms with Gasteiger partial charge in [-0.3, -0.25) is 0 Å². The summed E-state index contributed by atoms with van der Waals surface area (Å²) in [6.07, 6.45) is 1.29. The molecule has 0 atom stereocenters. The van der Waals surface area contributed by atoms with Gasteiger partial charge in [-0.2, -0.15) is 4.98 Å². The number of methoxy groups -OCH3 is 1. The molecule has 0 aliphatic carbocycles. The molecular weight excluding hydrogens is 322 g/mol. The van der Waals surface area contributed by atoms with E-state index in [1.807, 2.05) is 6.92 Å². The number of carboxylic acids is 1. The largest absolute Gasteiger partial charge is 0.497 e. The van der Waals surface area contributed by atoms with Crippen LogP contribution in [0, 0.1) is 0 Å². The number of nitrogens with one attached hydrogen (secondary N) is 1. The molecular formula is C18H17N3O4. The Labute approximate surface area is 144 Å². The van der Waals surface area contributed by atoms with E-state index in [-0.39, 0.29) is 5.56 Å². The molecule has 0 amide bonds. The molecule has 7 heteroatoms. The molecule has 2 N–H and O–H groups in total. The van der Waals surface area contributed by atoms with Crippen molar-refractivity contribution in [2.75, 3.05) is 19.0 Å². The highest BCUT2D eigenvalue weighted by atomic mass is 16.5. The number of carbonyl (C=O) groups is 1. The summed E-state index contributed by atoms with van der Waals surface area (Å²) in [6, 6.07) is 10.6. The van der Waals surface area contributed by atoms with Crippen LogP contribution in [0.2, 0.25) is 0 Å². The maximum Gasteiger partial charge on any atom is 0.339 e. The number of fused-ring (bicyclic) bond motifs is 1. The second-order valence-electron chi connectivity index (χ2n) is 5.16. The van der Waals surface area contributed by atoms with Crippen molar-refractivity contribution in [2.45, 2.75) is 6.92 Å². The first kappa shape index (κ1) is 16.5. The second kappa shape index (κ2) is 7.04. The fourth-order valence-corrected chi connectivity index (χ4v) is 2.40. The Morgan fingerprint density at radius 1 is 1.20 bits per heavy atom. The molecule has 0 unspecified atom stereocenters. The van der Waals surface area contributed by atoms with Crippen LogP contribution in [-0.2, 0) is 0 Å². The quantitative estimate of drug-likeness (QED) is 0.710. The summed E-state index contributed by atoms with van der Waals surface area (Å²) in [7, 11) is 1.59. The summed E-state index contributed by atoms with van der Waals surface area (Å²) in [6.45, 7) is 2.35. The third-order valence-corrected chi connectivity index (χ3v) is 3.59. The van der Waals surface area contributed by atoms with Gasteiger partial charge in [-0.25, -0.2) is 9.78 Å². The van der Waals surface area contributed by atoms with Crippen molar-refractivity contribution in [2.24, 2.45) is 0 Å². The number of aromatic nitrogens is 2. The number of rotatable bonds is 6. The lowest BCUT2D eigenvalue weighted by molar-refractivity contribution is 0.0697. The molecule has 0 radical (unpaired) electrons. The number of nitrogens with zero attached hydrogens (tertiary/aromatic N) is 2. The molecule has 0 aliphatic rings. The van der Waals surface area contributed by atoms with Gasteiger partial charge in [-0.15, -0.1) is 0 Å². The first-order valence-corrected chi connectivity index (χ1v) is 7.69. The van der Waals surface area contributed by atoms with Crippen molar-refractivity contribution in [1.82, 2.24) is 9.97 Å². The first-order chi connectivity index (χ1) is 12.1. The van der Waals surface area contributed by atoms with E-state index in [2.05, 4.69) is 15.3 Å². The van der Waals surface area contributed by atoms with Crippen LogP contribution in [0.25, 0.3) is 11.0 Å². The second-order valence-corrected chi connectivity index (χ2v) is 5.16. The zero-order valence-electron chi connectivity index (χ0n) is 13.8. The predicted octanol–water partition coefficient (Wildman–Crippen LogP) is 3.48. The molecule has 0 bridgehead atoms. The Morgan fingerprint density at radius 3 is 2.60 bits per heavy atom. The highest BCUT2D eigenvalue weighted by molar-refractivity contribution is 6.04. The first-order valence-electron chi connectivity index (χ1n) is 7.69. The number of hydrogen-bond donors (Lipinski definition) is 2. The number of benzene rings is 1. The lowest BCUT2D eigenvalue weighted by Gasteiger charge is -2.13. The summed E-state index contributed by atoms with van der Waals surface area (Å²) in [4.78, 5) is 20.0. The molecule has 25 heavy (non-hydrogen) atoms. The van der Waals surface area contributed by atoms with Crippen LogP contribution in [0.3, 0.4) is 0 Å². The van der Waals surface area contributed by atoms with Crippen molar-refractivity contribution >= 4 is 28.4 Å². The van der Waals surface area contributed by atoms with Gasteiger partial charge in [0.2, 0.25) is 5.88 Å². The number of aromatic carboxylic acids is 1. The van der Waals surface area contributed by atoms with Gasteiger partial charge in [-0.05, 0) is 37.3 Å². The van der Waals surface area contributed by atoms with Gasteiger partial charge < -0.3 is 19.9 Å². The lowest BCUT2D eigenvalue weighted by Crippen LogP contribution is -2.05. The molecule has 0 aliphatic heterocycles. The molecule has 128 valence electrons.